The minimum absolute atomic E-state index is 0.333. The summed E-state index contributed by atoms with van der Waals surface area (Å²) < 4.78 is 5.10. The monoisotopic (exact) mass is 158 g/mol. The molecular weight excluding hydrogens is 143 g/mol. The minimum Gasteiger partial charge on any atom is -0.379 e. The third kappa shape index (κ3) is 9.45. The molecule has 2 N–H and O–H groups in total. The summed E-state index contributed by atoms with van der Waals surface area (Å²) in [7, 11) is 3.42. The van der Waals surface area contributed by atoms with Crippen LogP contribution >= 0.6 is 0 Å². The van der Waals surface area contributed by atoms with Crippen molar-refractivity contribution in [1.82, 2.24) is 4.90 Å². The van der Waals surface area contributed by atoms with E-state index in [1.165, 1.54) is 7.85 Å². The fourth-order valence-electron chi connectivity index (χ4n) is 0.655. The molecule has 4 nitrogen and oxygen atoms in total. The van der Waals surface area contributed by atoms with Crippen LogP contribution in [0, 0.1) is 0 Å². The molecule has 1 aliphatic rings. The van der Waals surface area contributed by atoms with Gasteiger partial charge in [-0.1, -0.05) is 0 Å². The van der Waals surface area contributed by atoms with E-state index < -0.39 is 0 Å². The van der Waals surface area contributed by atoms with Crippen molar-refractivity contribution in [3.8, 4) is 0 Å². The van der Waals surface area contributed by atoms with Crippen LogP contribution in [-0.2, 0) is 4.74 Å². The van der Waals surface area contributed by atoms with E-state index in [9.17, 15) is 4.79 Å². The molecule has 1 rings (SSSR count). The van der Waals surface area contributed by atoms with Gasteiger partial charge in [-0.3, -0.25) is 4.79 Å². The van der Waals surface area contributed by atoms with Gasteiger partial charge in [0, 0.05) is 13.1 Å². The lowest BCUT2D eigenvalue weighted by Crippen LogP contribution is -2.32. The zero-order valence-corrected chi connectivity index (χ0v) is 7.17. The lowest BCUT2D eigenvalue weighted by atomic mass is 10.2. The predicted molar refractivity (Wildman–Crippen MR) is 46.4 cm³/mol. The Morgan fingerprint density at radius 2 is 1.91 bits per heavy atom. The van der Waals surface area contributed by atoms with E-state index >= 15 is 0 Å². The summed E-state index contributed by atoms with van der Waals surface area (Å²) in [5.74, 6) is -0.333. The third-order valence-electron chi connectivity index (χ3n) is 1.23. The van der Waals surface area contributed by atoms with Gasteiger partial charge in [0.1, 0.15) is 0 Å². The molecule has 1 aliphatic heterocycles. The molecule has 0 aromatic heterocycles. The molecule has 1 fully saturated rings. The number of hydrogen-bond acceptors (Lipinski definition) is 3. The molecule has 5 heteroatoms. The molecule has 1 amide bonds. The molecule has 1 heterocycles. The lowest BCUT2D eigenvalue weighted by Gasteiger charge is -2.21. The van der Waals surface area contributed by atoms with Gasteiger partial charge >= 0.3 is 0 Å². The molecule has 0 atom stereocenters. The van der Waals surface area contributed by atoms with Crippen molar-refractivity contribution < 1.29 is 9.53 Å². The molecule has 0 radical (unpaired) electrons. The van der Waals surface area contributed by atoms with Gasteiger partial charge in [0.15, 0.2) is 5.81 Å². The highest BCUT2D eigenvalue weighted by atomic mass is 16.5. The van der Waals surface area contributed by atoms with Gasteiger partial charge in [0.2, 0.25) is 7.85 Å². The number of carbonyl (C=O) groups is 1. The number of morpholine rings is 1. The first-order chi connectivity index (χ1) is 5.13. The lowest BCUT2D eigenvalue weighted by molar-refractivity contribution is 0.0503. The molecule has 11 heavy (non-hydrogen) atoms. The van der Waals surface area contributed by atoms with Crippen LogP contribution in [0.3, 0.4) is 0 Å². The van der Waals surface area contributed by atoms with Gasteiger partial charge in [-0.05, 0) is 7.05 Å². The summed E-state index contributed by atoms with van der Waals surface area (Å²) in [6.45, 7) is 4.02. The van der Waals surface area contributed by atoms with Crippen LogP contribution in [0.25, 0.3) is 0 Å². The Kier molecular flexibility index (Phi) is 5.88. The van der Waals surface area contributed by atoms with Crippen LogP contribution in [0.5, 0.6) is 0 Å². The second-order valence-corrected chi connectivity index (χ2v) is 2.53. The highest BCUT2D eigenvalue weighted by Gasteiger charge is 2.02. The van der Waals surface area contributed by atoms with Crippen LogP contribution in [0.1, 0.15) is 0 Å². The zero-order valence-electron chi connectivity index (χ0n) is 7.17. The summed E-state index contributed by atoms with van der Waals surface area (Å²) in [6.07, 6.45) is 0. The van der Waals surface area contributed by atoms with Gasteiger partial charge in [-0.15, -0.1) is 0 Å². The Hall–Kier alpha value is -0.545. The van der Waals surface area contributed by atoms with E-state index in [-0.39, 0.29) is 5.81 Å². The van der Waals surface area contributed by atoms with E-state index in [1.54, 1.807) is 0 Å². The largest absolute Gasteiger partial charge is 0.379 e. The molecule has 64 valence electrons. The maximum absolute atomic E-state index is 9.22. The van der Waals surface area contributed by atoms with E-state index in [0.29, 0.717) is 0 Å². The second kappa shape index (κ2) is 6.18. The van der Waals surface area contributed by atoms with Crippen LogP contribution in [0.15, 0.2) is 0 Å². The topological polar surface area (TPSA) is 55.6 Å². The van der Waals surface area contributed by atoms with Gasteiger partial charge in [-0.2, -0.15) is 0 Å². The molecule has 0 aromatic rings. The smallest absolute Gasteiger partial charge is 0.215 e. The molecule has 0 saturated carbocycles. The zero-order chi connectivity index (χ0) is 8.69. The van der Waals surface area contributed by atoms with Crippen molar-refractivity contribution in [2.24, 2.45) is 5.73 Å². The standard InChI is InChI=1S/C5H11NO.CH4BNO/c1-6-2-4-7-5-3-6;2-1(3)4/h2-5H2,1H3;2H2,(H2,3,4). The Bertz CT molecular complexity index is 111. The Morgan fingerprint density at radius 3 is 2.09 bits per heavy atom. The fourth-order valence-corrected chi connectivity index (χ4v) is 0.655. The van der Waals surface area contributed by atoms with Gasteiger partial charge < -0.3 is 15.4 Å². The molecular formula is C6H15BN2O2. The molecule has 0 spiro atoms. The first kappa shape index (κ1) is 10.5. The van der Waals surface area contributed by atoms with Gasteiger partial charge in [0.25, 0.3) is 0 Å². The number of hydrogen-bond donors (Lipinski definition) is 1. The Balaban J connectivity index is 0.000000218. The maximum atomic E-state index is 9.22. The Morgan fingerprint density at radius 1 is 1.55 bits per heavy atom. The summed E-state index contributed by atoms with van der Waals surface area (Å²) in [6, 6.07) is 0. The highest BCUT2D eigenvalue weighted by Crippen LogP contribution is 1.89. The van der Waals surface area contributed by atoms with Crippen LogP contribution < -0.4 is 5.73 Å². The van der Waals surface area contributed by atoms with E-state index in [2.05, 4.69) is 17.7 Å². The number of carbonyl (C=O) groups excluding carboxylic acids is 1. The van der Waals surface area contributed by atoms with Crippen LogP contribution in [0.4, 0.5) is 4.79 Å². The summed E-state index contributed by atoms with van der Waals surface area (Å²) in [5.41, 5.74) is 4.47. The second-order valence-electron chi connectivity index (χ2n) is 2.53. The average molecular weight is 158 g/mol. The molecule has 0 unspecified atom stereocenters. The quantitative estimate of drug-likeness (QED) is 0.443. The molecule has 0 aromatic carbocycles. The maximum Gasteiger partial charge on any atom is 0.215 e. The minimum atomic E-state index is -0.333. The normalized spacial score (nSPS) is 18.3. The highest BCUT2D eigenvalue weighted by molar-refractivity contribution is 6.56. The van der Waals surface area contributed by atoms with Crippen LogP contribution in [-0.4, -0.2) is 51.9 Å². The molecule has 0 bridgehead atoms. The molecule has 0 aliphatic carbocycles. The number of likely N-dealkylation sites (N-methyl/N-ethyl adjacent to an activating group) is 1. The number of amides is 1. The summed E-state index contributed by atoms with van der Waals surface area (Å²) >= 11 is 0. The number of primary amides is 1. The van der Waals surface area contributed by atoms with E-state index in [4.69, 9.17) is 4.74 Å². The van der Waals surface area contributed by atoms with Crippen molar-refractivity contribution in [3.63, 3.8) is 0 Å². The van der Waals surface area contributed by atoms with Crippen molar-refractivity contribution in [2.45, 2.75) is 0 Å². The van der Waals surface area contributed by atoms with Gasteiger partial charge in [0.05, 0.1) is 13.2 Å². The number of nitrogens with zero attached hydrogens (tertiary/aromatic N) is 1. The van der Waals surface area contributed by atoms with Crippen molar-refractivity contribution in [2.75, 3.05) is 33.4 Å². The van der Waals surface area contributed by atoms with Crippen molar-refractivity contribution >= 4 is 13.7 Å². The Labute approximate surface area is 68.1 Å². The first-order valence-corrected chi connectivity index (χ1v) is 3.65. The van der Waals surface area contributed by atoms with Crippen LogP contribution in [0.2, 0.25) is 0 Å². The van der Waals surface area contributed by atoms with Gasteiger partial charge in [-0.25, -0.2) is 0 Å². The number of ether oxygens (including phenoxy) is 1. The first-order valence-electron chi connectivity index (χ1n) is 3.65. The van der Waals surface area contributed by atoms with E-state index in [1.807, 2.05) is 0 Å². The average Bonchev–Trinajstić information content (AvgIpc) is 1.87. The van der Waals surface area contributed by atoms with Crippen molar-refractivity contribution in [3.05, 3.63) is 0 Å². The summed E-state index contributed by atoms with van der Waals surface area (Å²) in [4.78, 5) is 11.5. The molecule has 1 saturated heterocycles. The van der Waals surface area contributed by atoms with Crippen molar-refractivity contribution in [1.29, 1.82) is 0 Å². The fraction of sp³-hybridized carbons (Fsp3) is 0.833. The third-order valence-corrected chi connectivity index (χ3v) is 1.23. The predicted octanol–water partition coefficient (Wildman–Crippen LogP) is -1.35. The number of rotatable bonds is 0. The SMILES string of the molecule is BC(N)=O.CN1CCOCC1. The number of nitrogens with two attached hydrogens (primary N) is 1. The summed E-state index contributed by atoms with van der Waals surface area (Å²) in [5, 5.41) is 0. The van der Waals surface area contributed by atoms with E-state index in [0.717, 1.165) is 26.3 Å².